The van der Waals surface area contributed by atoms with E-state index in [1.807, 2.05) is 30.3 Å². The van der Waals surface area contributed by atoms with Crippen molar-refractivity contribution in [2.24, 2.45) is 0 Å². The van der Waals surface area contributed by atoms with E-state index in [0.29, 0.717) is 10.6 Å². The largest absolute Gasteiger partial charge is 0.480 e. The lowest BCUT2D eigenvalue weighted by Gasteiger charge is -2.21. The summed E-state index contributed by atoms with van der Waals surface area (Å²) in [5.41, 5.74) is 1.24. The summed E-state index contributed by atoms with van der Waals surface area (Å²) in [6.07, 6.45) is 0. The van der Waals surface area contributed by atoms with Crippen LogP contribution in [0.4, 0.5) is 0 Å². The topological polar surface area (TPSA) is 57.6 Å². The second-order valence-electron chi connectivity index (χ2n) is 4.55. The van der Waals surface area contributed by atoms with Crippen molar-refractivity contribution in [2.45, 2.75) is 6.54 Å². The number of rotatable bonds is 5. The van der Waals surface area contributed by atoms with Gasteiger partial charge in [0.2, 0.25) is 0 Å². The Kier molecular flexibility index (Phi) is 4.95. The van der Waals surface area contributed by atoms with E-state index in [0.717, 1.165) is 5.56 Å². The monoisotopic (exact) mass is 303 g/mol. The second-order valence-corrected chi connectivity index (χ2v) is 4.99. The highest BCUT2D eigenvalue weighted by Gasteiger charge is 2.19. The molecule has 0 saturated carbocycles. The van der Waals surface area contributed by atoms with E-state index >= 15 is 0 Å². The fraction of sp³-hybridized carbons (Fsp3) is 0.125. The van der Waals surface area contributed by atoms with Crippen LogP contribution < -0.4 is 0 Å². The van der Waals surface area contributed by atoms with Crippen LogP contribution in [-0.4, -0.2) is 28.4 Å². The number of hydrogen-bond acceptors (Lipinski definition) is 2. The van der Waals surface area contributed by atoms with Gasteiger partial charge in [-0.1, -0.05) is 48.0 Å². The third kappa shape index (κ3) is 4.33. The van der Waals surface area contributed by atoms with Gasteiger partial charge in [-0.05, 0) is 23.8 Å². The number of carboxylic acids is 1. The van der Waals surface area contributed by atoms with Crippen LogP contribution in [0.1, 0.15) is 15.9 Å². The van der Waals surface area contributed by atoms with Gasteiger partial charge in [-0.15, -0.1) is 0 Å². The minimum Gasteiger partial charge on any atom is -0.480 e. The van der Waals surface area contributed by atoms with Crippen molar-refractivity contribution >= 4 is 23.5 Å². The fourth-order valence-corrected chi connectivity index (χ4v) is 2.16. The molecule has 2 aromatic carbocycles. The number of amides is 1. The number of carboxylic acid groups (broad SMARTS) is 1. The average Bonchev–Trinajstić information content (AvgIpc) is 2.46. The third-order valence-corrected chi connectivity index (χ3v) is 3.14. The molecule has 0 unspecified atom stereocenters. The molecule has 2 rings (SSSR count). The summed E-state index contributed by atoms with van der Waals surface area (Å²) in [6, 6.07) is 15.7. The second kappa shape index (κ2) is 6.90. The first-order valence-corrected chi connectivity index (χ1v) is 6.74. The molecule has 0 aromatic heterocycles. The van der Waals surface area contributed by atoms with E-state index in [1.165, 1.54) is 11.0 Å². The third-order valence-electron chi connectivity index (χ3n) is 2.90. The maximum atomic E-state index is 12.4. The van der Waals surface area contributed by atoms with E-state index in [-0.39, 0.29) is 19.0 Å². The zero-order chi connectivity index (χ0) is 15.2. The zero-order valence-corrected chi connectivity index (χ0v) is 12.0. The van der Waals surface area contributed by atoms with Gasteiger partial charge in [-0.25, -0.2) is 0 Å². The first kappa shape index (κ1) is 15.1. The zero-order valence-electron chi connectivity index (χ0n) is 11.2. The quantitative estimate of drug-likeness (QED) is 0.923. The first-order valence-electron chi connectivity index (χ1n) is 6.37. The molecule has 0 fully saturated rings. The highest BCUT2D eigenvalue weighted by atomic mass is 35.5. The molecule has 1 amide bonds. The van der Waals surface area contributed by atoms with Crippen molar-refractivity contribution in [3.63, 3.8) is 0 Å². The molecule has 21 heavy (non-hydrogen) atoms. The van der Waals surface area contributed by atoms with Crippen molar-refractivity contribution in [3.05, 3.63) is 70.7 Å². The molecule has 0 spiro atoms. The number of halogens is 1. The lowest BCUT2D eigenvalue weighted by atomic mass is 10.1. The SMILES string of the molecule is O=C(O)CN(Cc1ccccc1)C(=O)c1cccc(Cl)c1. The van der Waals surface area contributed by atoms with Crippen LogP contribution in [0.2, 0.25) is 5.02 Å². The summed E-state index contributed by atoms with van der Waals surface area (Å²) < 4.78 is 0. The highest BCUT2D eigenvalue weighted by Crippen LogP contribution is 2.14. The van der Waals surface area contributed by atoms with Crippen molar-refractivity contribution in [3.8, 4) is 0 Å². The first-order chi connectivity index (χ1) is 10.1. The molecule has 0 aliphatic carbocycles. The van der Waals surface area contributed by atoms with E-state index < -0.39 is 5.97 Å². The van der Waals surface area contributed by atoms with E-state index in [9.17, 15) is 9.59 Å². The van der Waals surface area contributed by atoms with Crippen LogP contribution in [0.25, 0.3) is 0 Å². The van der Waals surface area contributed by atoms with Gasteiger partial charge in [0.25, 0.3) is 5.91 Å². The summed E-state index contributed by atoms with van der Waals surface area (Å²) in [7, 11) is 0. The molecule has 4 nitrogen and oxygen atoms in total. The molecule has 2 aromatic rings. The Morgan fingerprint density at radius 1 is 1.05 bits per heavy atom. The van der Waals surface area contributed by atoms with Crippen molar-refractivity contribution < 1.29 is 14.7 Å². The molecule has 0 aliphatic heterocycles. The summed E-state index contributed by atoms with van der Waals surface area (Å²) in [5, 5.41) is 9.43. The maximum absolute atomic E-state index is 12.4. The predicted molar refractivity (Wildman–Crippen MR) is 80.3 cm³/mol. The van der Waals surface area contributed by atoms with Crippen molar-refractivity contribution in [1.82, 2.24) is 4.90 Å². The number of carbonyl (C=O) groups excluding carboxylic acids is 1. The number of nitrogens with zero attached hydrogens (tertiary/aromatic N) is 1. The van der Waals surface area contributed by atoms with Crippen LogP contribution in [0.5, 0.6) is 0 Å². The Morgan fingerprint density at radius 2 is 1.76 bits per heavy atom. The summed E-state index contributed by atoms with van der Waals surface area (Å²) in [6.45, 7) is -0.126. The van der Waals surface area contributed by atoms with E-state index in [4.69, 9.17) is 16.7 Å². The smallest absolute Gasteiger partial charge is 0.323 e. The molecule has 5 heteroatoms. The Bertz CT molecular complexity index is 643. The van der Waals surface area contributed by atoms with Gasteiger partial charge in [0, 0.05) is 17.1 Å². The molecule has 1 N–H and O–H groups in total. The summed E-state index contributed by atoms with van der Waals surface area (Å²) in [5.74, 6) is -1.41. The van der Waals surface area contributed by atoms with Gasteiger partial charge in [-0.3, -0.25) is 9.59 Å². The maximum Gasteiger partial charge on any atom is 0.323 e. The average molecular weight is 304 g/mol. The Labute approximate surface area is 127 Å². The Morgan fingerprint density at radius 3 is 2.38 bits per heavy atom. The van der Waals surface area contributed by atoms with Gasteiger partial charge in [0.05, 0.1) is 0 Å². The van der Waals surface area contributed by atoms with Crippen molar-refractivity contribution in [1.29, 1.82) is 0 Å². The van der Waals surface area contributed by atoms with Crippen LogP contribution in [0, 0.1) is 0 Å². The Hall–Kier alpha value is -2.33. The van der Waals surface area contributed by atoms with Crippen LogP contribution in [0.15, 0.2) is 54.6 Å². The highest BCUT2D eigenvalue weighted by molar-refractivity contribution is 6.30. The number of benzene rings is 2. The minimum atomic E-state index is -1.05. The lowest BCUT2D eigenvalue weighted by Crippen LogP contribution is -2.35. The fourth-order valence-electron chi connectivity index (χ4n) is 1.97. The molecule has 0 aliphatic rings. The normalized spacial score (nSPS) is 10.1. The lowest BCUT2D eigenvalue weighted by molar-refractivity contribution is -0.137. The number of aliphatic carboxylic acids is 1. The van der Waals surface area contributed by atoms with Gasteiger partial charge < -0.3 is 10.0 Å². The van der Waals surface area contributed by atoms with Crippen LogP contribution >= 0.6 is 11.6 Å². The minimum absolute atomic E-state index is 0.235. The molecule has 0 atom stereocenters. The predicted octanol–water partition coefficient (Wildman–Crippen LogP) is 3.07. The van der Waals surface area contributed by atoms with E-state index in [1.54, 1.807) is 18.2 Å². The van der Waals surface area contributed by atoms with Gasteiger partial charge >= 0.3 is 5.97 Å². The van der Waals surface area contributed by atoms with Gasteiger partial charge in [0.1, 0.15) is 6.54 Å². The molecule has 108 valence electrons. The van der Waals surface area contributed by atoms with Crippen LogP contribution in [-0.2, 0) is 11.3 Å². The molecule has 0 saturated heterocycles. The van der Waals surface area contributed by atoms with Gasteiger partial charge in [-0.2, -0.15) is 0 Å². The standard InChI is InChI=1S/C16H14ClNO3/c17-14-8-4-7-13(9-14)16(21)18(11-15(19)20)10-12-5-2-1-3-6-12/h1-9H,10-11H2,(H,19,20). The molecule has 0 radical (unpaired) electrons. The summed E-state index contributed by atoms with van der Waals surface area (Å²) in [4.78, 5) is 24.7. The van der Waals surface area contributed by atoms with E-state index in [2.05, 4.69) is 0 Å². The number of hydrogen-bond donors (Lipinski definition) is 1. The molecular weight excluding hydrogens is 290 g/mol. The molecular formula is C16H14ClNO3. The molecule has 0 bridgehead atoms. The van der Waals surface area contributed by atoms with Gasteiger partial charge in [0.15, 0.2) is 0 Å². The van der Waals surface area contributed by atoms with Crippen molar-refractivity contribution in [2.75, 3.05) is 6.54 Å². The Balaban J connectivity index is 2.23. The summed E-state index contributed by atoms with van der Waals surface area (Å²) >= 11 is 5.87. The number of carbonyl (C=O) groups is 2. The molecule has 0 heterocycles. The van der Waals surface area contributed by atoms with Crippen LogP contribution in [0.3, 0.4) is 0 Å².